The summed E-state index contributed by atoms with van der Waals surface area (Å²) < 4.78 is 23.1. The number of rotatable bonds is 3. The summed E-state index contributed by atoms with van der Waals surface area (Å²) in [5, 5.41) is 3.20. The maximum atomic E-state index is 12.5. The van der Waals surface area contributed by atoms with Gasteiger partial charge in [-0.3, -0.25) is 4.79 Å². The van der Waals surface area contributed by atoms with Gasteiger partial charge in [0.1, 0.15) is 0 Å². The van der Waals surface area contributed by atoms with Crippen LogP contribution in [0.25, 0.3) is 0 Å². The number of terminal acetylenes is 1. The van der Waals surface area contributed by atoms with Crippen LogP contribution in [0.4, 0.5) is 0 Å². The van der Waals surface area contributed by atoms with Gasteiger partial charge in [-0.05, 0) is 25.8 Å². The van der Waals surface area contributed by atoms with E-state index in [0.29, 0.717) is 13.0 Å². The zero-order valence-electron chi connectivity index (χ0n) is 11.0. The highest BCUT2D eigenvalue weighted by Gasteiger charge is 2.36. The molecule has 0 aliphatic carbocycles. The molecule has 0 aromatic carbocycles. The van der Waals surface area contributed by atoms with Crippen LogP contribution in [-0.2, 0) is 14.6 Å². The lowest BCUT2D eigenvalue weighted by Crippen LogP contribution is -2.48. The molecule has 2 saturated heterocycles. The molecule has 19 heavy (non-hydrogen) atoms. The first kappa shape index (κ1) is 14.4. The molecule has 1 N–H and O–H groups in total. The fourth-order valence-electron chi connectivity index (χ4n) is 2.80. The Morgan fingerprint density at radius 3 is 2.74 bits per heavy atom. The molecule has 2 heterocycles. The number of nitrogens with one attached hydrogen (secondary N) is 1. The van der Waals surface area contributed by atoms with Crippen molar-refractivity contribution in [3.63, 3.8) is 0 Å². The summed E-state index contributed by atoms with van der Waals surface area (Å²) in [6, 6.07) is -0.240. The van der Waals surface area contributed by atoms with Crippen molar-refractivity contribution in [2.24, 2.45) is 5.92 Å². The van der Waals surface area contributed by atoms with E-state index in [1.54, 1.807) is 4.90 Å². The van der Waals surface area contributed by atoms with Crippen molar-refractivity contribution in [1.29, 1.82) is 0 Å². The Hall–Kier alpha value is -1.06. The van der Waals surface area contributed by atoms with Crippen molar-refractivity contribution in [1.82, 2.24) is 10.2 Å². The molecule has 2 fully saturated rings. The van der Waals surface area contributed by atoms with Crippen molar-refractivity contribution in [2.45, 2.75) is 25.3 Å². The Morgan fingerprint density at radius 1 is 1.42 bits per heavy atom. The van der Waals surface area contributed by atoms with E-state index >= 15 is 0 Å². The van der Waals surface area contributed by atoms with Gasteiger partial charge in [-0.2, -0.15) is 0 Å². The molecule has 2 aliphatic rings. The Morgan fingerprint density at radius 2 is 2.21 bits per heavy atom. The summed E-state index contributed by atoms with van der Waals surface area (Å²) in [6.45, 7) is 1.81. The predicted octanol–water partition coefficient (Wildman–Crippen LogP) is -0.365. The van der Waals surface area contributed by atoms with E-state index in [2.05, 4.69) is 11.2 Å². The maximum Gasteiger partial charge on any atom is 0.228 e. The molecule has 6 heteroatoms. The van der Waals surface area contributed by atoms with E-state index in [9.17, 15) is 13.2 Å². The van der Waals surface area contributed by atoms with Crippen LogP contribution < -0.4 is 5.32 Å². The molecule has 2 unspecified atom stereocenters. The van der Waals surface area contributed by atoms with Gasteiger partial charge in [-0.15, -0.1) is 6.42 Å². The SMILES string of the molecule is C#CCN(C(=O)C1CCCNC1)C1CCS(=O)(=O)C1. The number of nitrogens with zero attached hydrogens (tertiary/aromatic N) is 1. The molecule has 2 atom stereocenters. The number of sulfone groups is 1. The average Bonchev–Trinajstić information content (AvgIpc) is 2.76. The smallest absolute Gasteiger partial charge is 0.228 e. The van der Waals surface area contributed by atoms with Crippen LogP contribution in [0.1, 0.15) is 19.3 Å². The number of carbonyl (C=O) groups is 1. The van der Waals surface area contributed by atoms with Crippen molar-refractivity contribution in [3.05, 3.63) is 0 Å². The first-order valence-electron chi connectivity index (χ1n) is 6.68. The van der Waals surface area contributed by atoms with Gasteiger partial charge in [0.2, 0.25) is 5.91 Å². The third-order valence-corrected chi connectivity index (χ3v) is 5.59. The topological polar surface area (TPSA) is 66.5 Å². The van der Waals surface area contributed by atoms with Crippen LogP contribution in [0.5, 0.6) is 0 Å². The largest absolute Gasteiger partial charge is 0.327 e. The lowest BCUT2D eigenvalue weighted by Gasteiger charge is -2.32. The van der Waals surface area contributed by atoms with E-state index < -0.39 is 9.84 Å². The summed E-state index contributed by atoms with van der Waals surface area (Å²) in [6.07, 6.45) is 7.66. The van der Waals surface area contributed by atoms with Gasteiger partial charge in [-0.1, -0.05) is 5.92 Å². The Bertz CT molecular complexity index is 475. The summed E-state index contributed by atoms with van der Waals surface area (Å²) in [4.78, 5) is 14.1. The van der Waals surface area contributed by atoms with Gasteiger partial charge < -0.3 is 10.2 Å². The minimum absolute atomic E-state index is 0.00671. The maximum absolute atomic E-state index is 12.5. The van der Waals surface area contributed by atoms with Gasteiger partial charge in [0, 0.05) is 12.6 Å². The highest BCUT2D eigenvalue weighted by atomic mass is 32.2. The fourth-order valence-corrected chi connectivity index (χ4v) is 4.53. The minimum atomic E-state index is -3.00. The highest BCUT2D eigenvalue weighted by Crippen LogP contribution is 2.21. The first-order valence-corrected chi connectivity index (χ1v) is 8.51. The number of amides is 1. The monoisotopic (exact) mass is 284 g/mol. The Balaban J connectivity index is 2.07. The average molecular weight is 284 g/mol. The van der Waals surface area contributed by atoms with E-state index in [0.717, 1.165) is 19.4 Å². The molecule has 5 nitrogen and oxygen atoms in total. The van der Waals surface area contributed by atoms with E-state index in [1.807, 2.05) is 0 Å². The third kappa shape index (κ3) is 3.48. The van der Waals surface area contributed by atoms with Crippen LogP contribution in [0.15, 0.2) is 0 Å². The number of carbonyl (C=O) groups excluding carboxylic acids is 1. The molecule has 1 amide bonds. The minimum Gasteiger partial charge on any atom is -0.327 e. The quantitative estimate of drug-likeness (QED) is 0.719. The molecular formula is C13H20N2O3S. The lowest BCUT2D eigenvalue weighted by atomic mass is 9.97. The van der Waals surface area contributed by atoms with Crippen LogP contribution in [0.2, 0.25) is 0 Å². The molecule has 2 aliphatic heterocycles. The van der Waals surface area contributed by atoms with Crippen molar-refractivity contribution in [3.8, 4) is 12.3 Å². The van der Waals surface area contributed by atoms with E-state index in [1.165, 1.54) is 0 Å². The molecule has 0 bridgehead atoms. The highest BCUT2D eigenvalue weighted by molar-refractivity contribution is 7.91. The second-order valence-corrected chi connectivity index (χ2v) is 7.50. The summed E-state index contributed by atoms with van der Waals surface area (Å²) >= 11 is 0. The normalized spacial score (nSPS) is 29.6. The molecule has 0 radical (unpaired) electrons. The Labute approximate surface area is 114 Å². The summed E-state index contributed by atoms with van der Waals surface area (Å²) in [5.74, 6) is 2.64. The molecule has 106 valence electrons. The van der Waals surface area contributed by atoms with Gasteiger partial charge in [0.25, 0.3) is 0 Å². The van der Waals surface area contributed by atoms with Crippen LogP contribution >= 0.6 is 0 Å². The second kappa shape index (κ2) is 5.93. The predicted molar refractivity (Wildman–Crippen MR) is 73.2 cm³/mol. The van der Waals surface area contributed by atoms with Crippen molar-refractivity contribution >= 4 is 15.7 Å². The first-order chi connectivity index (χ1) is 9.03. The van der Waals surface area contributed by atoms with Crippen molar-refractivity contribution < 1.29 is 13.2 Å². The van der Waals surface area contributed by atoms with Crippen LogP contribution in [-0.4, -0.2) is 56.4 Å². The Kier molecular flexibility index (Phi) is 4.48. The van der Waals surface area contributed by atoms with Gasteiger partial charge >= 0.3 is 0 Å². The van der Waals surface area contributed by atoms with Gasteiger partial charge in [0.15, 0.2) is 9.84 Å². The lowest BCUT2D eigenvalue weighted by molar-refractivity contribution is -0.137. The standard InChI is InChI=1S/C13H20N2O3S/c1-2-7-15(12-5-8-19(17,18)10-12)13(16)11-4-3-6-14-9-11/h1,11-12,14H,3-10H2. The molecule has 0 saturated carbocycles. The summed E-state index contributed by atoms with van der Waals surface area (Å²) in [7, 11) is -3.00. The van der Waals surface area contributed by atoms with Gasteiger partial charge in [0.05, 0.1) is 24.0 Å². The molecule has 0 aromatic heterocycles. The number of hydrogen-bond acceptors (Lipinski definition) is 4. The number of hydrogen-bond donors (Lipinski definition) is 1. The van der Waals surface area contributed by atoms with Crippen LogP contribution in [0, 0.1) is 18.3 Å². The molecule has 0 spiro atoms. The third-order valence-electron chi connectivity index (χ3n) is 3.84. The molecule has 2 rings (SSSR count). The van der Waals surface area contributed by atoms with Crippen molar-refractivity contribution in [2.75, 3.05) is 31.1 Å². The zero-order chi connectivity index (χ0) is 13.9. The second-order valence-electron chi connectivity index (χ2n) is 5.27. The van der Waals surface area contributed by atoms with E-state index in [4.69, 9.17) is 6.42 Å². The van der Waals surface area contributed by atoms with Crippen LogP contribution in [0.3, 0.4) is 0 Å². The fraction of sp³-hybridized carbons (Fsp3) is 0.769. The van der Waals surface area contributed by atoms with E-state index in [-0.39, 0.29) is 35.9 Å². The molecule has 0 aromatic rings. The summed E-state index contributed by atoms with van der Waals surface area (Å²) in [5.41, 5.74) is 0. The zero-order valence-corrected chi connectivity index (χ0v) is 11.8. The van der Waals surface area contributed by atoms with Gasteiger partial charge in [-0.25, -0.2) is 8.42 Å². The molecular weight excluding hydrogens is 264 g/mol. The number of piperidine rings is 1.